The van der Waals surface area contributed by atoms with E-state index in [1.807, 2.05) is 31.2 Å². The second-order valence-electron chi connectivity index (χ2n) is 5.61. The van der Waals surface area contributed by atoms with Gasteiger partial charge in [0.2, 0.25) is 0 Å². The molecule has 1 amide bonds. The third-order valence-corrected chi connectivity index (χ3v) is 5.32. The van der Waals surface area contributed by atoms with E-state index in [1.54, 1.807) is 7.11 Å². The van der Waals surface area contributed by atoms with Crippen LogP contribution in [0.1, 0.15) is 44.6 Å². The fourth-order valence-electron chi connectivity index (χ4n) is 3.20. The van der Waals surface area contributed by atoms with Gasteiger partial charge in [-0.05, 0) is 48.4 Å². The van der Waals surface area contributed by atoms with Gasteiger partial charge in [-0.25, -0.2) is 4.79 Å². The van der Waals surface area contributed by atoms with Crippen molar-refractivity contribution in [1.82, 2.24) is 4.90 Å². The van der Waals surface area contributed by atoms with Crippen LogP contribution in [-0.4, -0.2) is 29.3 Å². The summed E-state index contributed by atoms with van der Waals surface area (Å²) in [5.41, 5.74) is -0.0490. The predicted octanol–water partition coefficient (Wildman–Crippen LogP) is 4.42. The molecule has 0 heterocycles. The van der Waals surface area contributed by atoms with E-state index in [2.05, 4.69) is 22.6 Å². The van der Waals surface area contributed by atoms with Crippen molar-refractivity contribution < 1.29 is 14.6 Å². The molecule has 5 heteroatoms. The SMILES string of the molecule is CO[C@@](C)(c1ccccc1I)N(C(=O)O)C1CCCCC1. The molecule has 0 radical (unpaired) electrons. The van der Waals surface area contributed by atoms with E-state index in [0.29, 0.717) is 0 Å². The van der Waals surface area contributed by atoms with Crippen molar-refractivity contribution in [3.05, 3.63) is 33.4 Å². The number of nitrogens with zero attached hydrogens (tertiary/aromatic N) is 1. The number of amides is 1. The van der Waals surface area contributed by atoms with E-state index in [9.17, 15) is 9.90 Å². The summed E-state index contributed by atoms with van der Waals surface area (Å²) in [7, 11) is 1.59. The van der Waals surface area contributed by atoms with Crippen LogP contribution in [0.15, 0.2) is 24.3 Å². The first kappa shape index (κ1) is 16.5. The molecular weight excluding hydrogens is 381 g/mol. The summed E-state index contributed by atoms with van der Waals surface area (Å²) < 4.78 is 6.74. The average Bonchev–Trinajstić information content (AvgIpc) is 2.48. The number of rotatable bonds is 4. The largest absolute Gasteiger partial charge is 0.465 e. The van der Waals surface area contributed by atoms with Gasteiger partial charge in [0.05, 0.1) is 0 Å². The zero-order chi connectivity index (χ0) is 15.5. The summed E-state index contributed by atoms with van der Waals surface area (Å²) >= 11 is 2.24. The molecule has 0 bridgehead atoms. The Hall–Kier alpha value is -0.820. The minimum absolute atomic E-state index is 0.0252. The first-order valence-corrected chi connectivity index (χ1v) is 8.41. The van der Waals surface area contributed by atoms with Gasteiger partial charge in [-0.2, -0.15) is 0 Å². The van der Waals surface area contributed by atoms with E-state index in [1.165, 1.54) is 11.3 Å². The molecule has 0 aromatic heterocycles. The molecule has 0 saturated heterocycles. The van der Waals surface area contributed by atoms with Gasteiger partial charge < -0.3 is 9.84 Å². The Morgan fingerprint density at radius 2 is 1.95 bits per heavy atom. The molecule has 1 atom stereocenters. The lowest BCUT2D eigenvalue weighted by Crippen LogP contribution is -2.54. The standard InChI is InChI=1S/C16H22INO3/c1-16(21-2,13-10-6-7-11-14(13)17)18(15(19)20)12-8-4-3-5-9-12/h6-7,10-12H,3-5,8-9H2,1-2H3,(H,19,20)/t16-/m0/s1. The van der Waals surface area contributed by atoms with Crippen molar-refractivity contribution in [2.75, 3.05) is 7.11 Å². The first-order valence-electron chi connectivity index (χ1n) is 7.33. The molecule has 1 fully saturated rings. The van der Waals surface area contributed by atoms with Crippen LogP contribution in [0.2, 0.25) is 0 Å². The topological polar surface area (TPSA) is 49.8 Å². The quantitative estimate of drug-likeness (QED) is 0.598. The summed E-state index contributed by atoms with van der Waals surface area (Å²) in [6, 6.07) is 7.83. The van der Waals surface area contributed by atoms with Crippen molar-refractivity contribution in [2.24, 2.45) is 0 Å². The Balaban J connectivity index is 2.43. The Labute approximate surface area is 139 Å². The minimum Gasteiger partial charge on any atom is -0.465 e. The molecule has 1 aliphatic rings. The van der Waals surface area contributed by atoms with Gasteiger partial charge in [0.1, 0.15) is 0 Å². The lowest BCUT2D eigenvalue weighted by atomic mass is 9.91. The zero-order valence-electron chi connectivity index (χ0n) is 12.5. The Bertz CT molecular complexity index is 502. The molecule has 0 unspecified atom stereocenters. The van der Waals surface area contributed by atoms with Gasteiger partial charge in [0.25, 0.3) is 0 Å². The average molecular weight is 403 g/mol. The molecule has 4 nitrogen and oxygen atoms in total. The summed E-state index contributed by atoms with van der Waals surface area (Å²) in [5, 5.41) is 9.79. The highest BCUT2D eigenvalue weighted by Gasteiger charge is 2.43. The molecule has 1 aromatic rings. The van der Waals surface area contributed by atoms with Crippen LogP contribution in [0.3, 0.4) is 0 Å². The van der Waals surface area contributed by atoms with Crippen LogP contribution in [0.25, 0.3) is 0 Å². The number of carbonyl (C=O) groups is 1. The molecule has 1 saturated carbocycles. The van der Waals surface area contributed by atoms with Crippen molar-refractivity contribution in [1.29, 1.82) is 0 Å². The van der Waals surface area contributed by atoms with E-state index < -0.39 is 11.8 Å². The fourth-order valence-corrected chi connectivity index (χ4v) is 4.09. The van der Waals surface area contributed by atoms with Gasteiger partial charge in [-0.15, -0.1) is 0 Å². The number of carboxylic acid groups (broad SMARTS) is 1. The van der Waals surface area contributed by atoms with Crippen LogP contribution in [0.4, 0.5) is 4.79 Å². The first-order chi connectivity index (χ1) is 10.0. The summed E-state index contributed by atoms with van der Waals surface area (Å²) in [4.78, 5) is 13.4. The molecule has 21 heavy (non-hydrogen) atoms. The molecule has 116 valence electrons. The lowest BCUT2D eigenvalue weighted by molar-refractivity contribution is -0.135. The Kier molecular flexibility index (Phi) is 5.48. The second-order valence-corrected chi connectivity index (χ2v) is 6.77. The molecule has 0 spiro atoms. The summed E-state index contributed by atoms with van der Waals surface area (Å²) in [6.45, 7) is 1.85. The Morgan fingerprint density at radius 3 is 2.48 bits per heavy atom. The normalized spacial score (nSPS) is 19.0. The van der Waals surface area contributed by atoms with Crippen LogP contribution in [-0.2, 0) is 10.5 Å². The van der Waals surface area contributed by atoms with Gasteiger partial charge >= 0.3 is 6.09 Å². The van der Waals surface area contributed by atoms with Gasteiger partial charge in [0.15, 0.2) is 5.72 Å². The maximum atomic E-state index is 11.9. The summed E-state index contributed by atoms with van der Waals surface area (Å²) in [5.74, 6) is 0. The monoisotopic (exact) mass is 403 g/mol. The number of hydrogen-bond acceptors (Lipinski definition) is 2. The lowest BCUT2D eigenvalue weighted by Gasteiger charge is -2.44. The van der Waals surface area contributed by atoms with Crippen LogP contribution in [0.5, 0.6) is 0 Å². The third-order valence-electron chi connectivity index (χ3n) is 4.38. The van der Waals surface area contributed by atoms with Gasteiger partial charge in [0, 0.05) is 22.3 Å². The smallest absolute Gasteiger partial charge is 0.410 e. The van der Waals surface area contributed by atoms with Crippen molar-refractivity contribution in [3.8, 4) is 0 Å². The zero-order valence-corrected chi connectivity index (χ0v) is 14.7. The highest BCUT2D eigenvalue weighted by Crippen LogP contribution is 2.37. The summed E-state index contributed by atoms with van der Waals surface area (Å²) in [6.07, 6.45) is 4.27. The van der Waals surface area contributed by atoms with Crippen LogP contribution >= 0.6 is 22.6 Å². The predicted molar refractivity (Wildman–Crippen MR) is 90.3 cm³/mol. The molecule has 1 N–H and O–H groups in total. The van der Waals surface area contributed by atoms with Gasteiger partial charge in [-0.1, -0.05) is 37.5 Å². The maximum absolute atomic E-state index is 11.9. The van der Waals surface area contributed by atoms with Crippen molar-refractivity contribution in [3.63, 3.8) is 0 Å². The van der Waals surface area contributed by atoms with Crippen molar-refractivity contribution in [2.45, 2.75) is 50.8 Å². The van der Waals surface area contributed by atoms with E-state index >= 15 is 0 Å². The van der Waals surface area contributed by atoms with Gasteiger partial charge in [-0.3, -0.25) is 4.90 Å². The van der Waals surface area contributed by atoms with Crippen molar-refractivity contribution >= 4 is 28.7 Å². The molecule has 2 rings (SSSR count). The molecule has 1 aliphatic carbocycles. The number of hydrogen-bond donors (Lipinski definition) is 1. The molecule has 0 aliphatic heterocycles. The molecule has 1 aromatic carbocycles. The number of benzene rings is 1. The highest BCUT2D eigenvalue weighted by atomic mass is 127. The van der Waals surface area contributed by atoms with E-state index in [4.69, 9.17) is 4.74 Å². The van der Waals surface area contributed by atoms with Crippen LogP contribution < -0.4 is 0 Å². The van der Waals surface area contributed by atoms with E-state index in [-0.39, 0.29) is 6.04 Å². The highest BCUT2D eigenvalue weighted by molar-refractivity contribution is 14.1. The number of ether oxygens (including phenoxy) is 1. The van der Waals surface area contributed by atoms with Crippen LogP contribution in [0, 0.1) is 3.57 Å². The van der Waals surface area contributed by atoms with E-state index in [0.717, 1.165) is 34.8 Å². The fraction of sp³-hybridized carbons (Fsp3) is 0.562. The maximum Gasteiger partial charge on any atom is 0.410 e. The Morgan fingerprint density at radius 1 is 1.33 bits per heavy atom. The minimum atomic E-state index is -0.953. The number of halogens is 1. The number of methoxy groups -OCH3 is 1. The third kappa shape index (κ3) is 3.34. The molecular formula is C16H22INO3. The second kappa shape index (κ2) is 6.96.